The molecule has 1 aliphatic rings. The van der Waals surface area contributed by atoms with Gasteiger partial charge in [0.1, 0.15) is 6.04 Å². The maximum Gasteiger partial charge on any atom is 0.243 e. The van der Waals surface area contributed by atoms with E-state index in [0.29, 0.717) is 27.7 Å². The molecule has 10 heteroatoms. The molecule has 0 heterocycles. The standard InChI is InChI=1S/C33H39Cl2N3O4S/c1-24-11-6-9-16-30(24)38(43(2,41)42)20-10-17-32(39)37(23-26-18-19-27(34)22-29(26)35)31(21-25-12-4-3-5-13-25)33(40)36-28-14-7-8-15-28/h3-6,9,11-13,16,18-19,22,28,31H,7-8,10,14-15,17,20-21,23H2,1-2H3,(H,36,40). The van der Waals surface area contributed by atoms with Gasteiger partial charge in [0.05, 0.1) is 11.9 Å². The maximum atomic E-state index is 14.0. The molecule has 1 unspecified atom stereocenters. The Hall–Kier alpha value is -3.07. The summed E-state index contributed by atoms with van der Waals surface area (Å²) in [5.41, 5.74) is 3.01. The number of hydrogen-bond acceptors (Lipinski definition) is 4. The van der Waals surface area contributed by atoms with Gasteiger partial charge in [0.15, 0.2) is 0 Å². The SMILES string of the molecule is Cc1ccccc1N(CCCC(=O)N(Cc1ccc(Cl)cc1Cl)C(Cc1ccccc1)C(=O)NC1CCCC1)S(C)(=O)=O. The van der Waals surface area contributed by atoms with Gasteiger partial charge in [0.2, 0.25) is 21.8 Å². The van der Waals surface area contributed by atoms with Gasteiger partial charge in [-0.3, -0.25) is 13.9 Å². The summed E-state index contributed by atoms with van der Waals surface area (Å²) in [7, 11) is -3.59. The summed E-state index contributed by atoms with van der Waals surface area (Å²) < 4.78 is 26.8. The summed E-state index contributed by atoms with van der Waals surface area (Å²) >= 11 is 12.7. The molecule has 43 heavy (non-hydrogen) atoms. The van der Waals surface area contributed by atoms with Crippen molar-refractivity contribution in [1.29, 1.82) is 0 Å². The molecule has 3 aromatic rings. The van der Waals surface area contributed by atoms with Gasteiger partial charge in [0.25, 0.3) is 0 Å². The molecular weight excluding hydrogens is 605 g/mol. The fourth-order valence-corrected chi connectivity index (χ4v) is 7.07. The van der Waals surface area contributed by atoms with Crippen molar-refractivity contribution >= 4 is 50.7 Å². The molecule has 1 fully saturated rings. The number of carbonyl (C=O) groups excluding carboxylic acids is 2. The number of carbonyl (C=O) groups is 2. The Morgan fingerprint density at radius 1 is 0.977 bits per heavy atom. The third kappa shape index (κ3) is 9.21. The van der Waals surface area contributed by atoms with E-state index < -0.39 is 16.1 Å². The lowest BCUT2D eigenvalue weighted by atomic mass is 10.0. The quantitative estimate of drug-likeness (QED) is 0.229. The molecule has 230 valence electrons. The fraction of sp³-hybridized carbons (Fsp3) is 0.394. The van der Waals surface area contributed by atoms with Gasteiger partial charge >= 0.3 is 0 Å². The topological polar surface area (TPSA) is 86.8 Å². The van der Waals surface area contributed by atoms with Crippen LogP contribution in [0.25, 0.3) is 0 Å². The fourth-order valence-electron chi connectivity index (χ4n) is 5.58. The Kier molecular flexibility index (Phi) is 11.5. The number of aryl methyl sites for hydroxylation is 1. The summed E-state index contributed by atoms with van der Waals surface area (Å²) in [5, 5.41) is 4.07. The summed E-state index contributed by atoms with van der Waals surface area (Å²) in [4.78, 5) is 29.5. The van der Waals surface area contributed by atoms with Crippen molar-refractivity contribution in [2.75, 3.05) is 17.1 Å². The van der Waals surface area contributed by atoms with Crippen molar-refractivity contribution in [3.8, 4) is 0 Å². The van der Waals surface area contributed by atoms with Crippen molar-refractivity contribution in [1.82, 2.24) is 10.2 Å². The molecule has 0 saturated heterocycles. The lowest BCUT2D eigenvalue weighted by Gasteiger charge is -2.33. The predicted molar refractivity (Wildman–Crippen MR) is 174 cm³/mol. The number of rotatable bonds is 13. The van der Waals surface area contributed by atoms with Crippen LogP contribution in [0.1, 0.15) is 55.2 Å². The number of hydrogen-bond donors (Lipinski definition) is 1. The number of amides is 2. The highest BCUT2D eigenvalue weighted by Crippen LogP contribution is 2.26. The minimum Gasteiger partial charge on any atom is -0.352 e. The largest absolute Gasteiger partial charge is 0.352 e. The van der Waals surface area contributed by atoms with E-state index in [1.165, 1.54) is 10.6 Å². The zero-order chi connectivity index (χ0) is 31.0. The number of sulfonamides is 1. The monoisotopic (exact) mass is 643 g/mol. The van der Waals surface area contributed by atoms with Crippen LogP contribution < -0.4 is 9.62 Å². The van der Waals surface area contributed by atoms with E-state index in [2.05, 4.69) is 5.32 Å². The Morgan fingerprint density at radius 3 is 2.30 bits per heavy atom. The highest BCUT2D eigenvalue weighted by atomic mass is 35.5. The van der Waals surface area contributed by atoms with Crippen molar-refractivity contribution in [3.05, 3.63) is 99.5 Å². The van der Waals surface area contributed by atoms with Crippen LogP contribution in [0.4, 0.5) is 5.69 Å². The van der Waals surface area contributed by atoms with Gasteiger partial charge in [-0.1, -0.05) is 90.6 Å². The first-order chi connectivity index (χ1) is 20.5. The second-order valence-electron chi connectivity index (χ2n) is 11.2. The molecule has 0 bridgehead atoms. The molecular formula is C33H39Cl2N3O4S. The van der Waals surface area contributed by atoms with E-state index in [1.54, 1.807) is 35.2 Å². The summed E-state index contributed by atoms with van der Waals surface area (Å²) in [6.45, 7) is 2.09. The first-order valence-electron chi connectivity index (χ1n) is 14.6. The van der Waals surface area contributed by atoms with Crippen molar-refractivity contribution in [2.24, 2.45) is 0 Å². The van der Waals surface area contributed by atoms with Crippen molar-refractivity contribution < 1.29 is 18.0 Å². The predicted octanol–water partition coefficient (Wildman–Crippen LogP) is 6.55. The lowest BCUT2D eigenvalue weighted by Crippen LogP contribution is -2.52. The van der Waals surface area contributed by atoms with Crippen LogP contribution >= 0.6 is 23.2 Å². The van der Waals surface area contributed by atoms with E-state index in [-0.39, 0.29) is 43.8 Å². The summed E-state index contributed by atoms with van der Waals surface area (Å²) in [6.07, 6.45) is 5.78. The van der Waals surface area contributed by atoms with Gasteiger partial charge in [0, 0.05) is 42.0 Å². The van der Waals surface area contributed by atoms with Crippen molar-refractivity contribution in [3.63, 3.8) is 0 Å². The number of nitrogens with zero attached hydrogens (tertiary/aromatic N) is 2. The van der Waals surface area contributed by atoms with Crippen LogP contribution in [0, 0.1) is 6.92 Å². The van der Waals surface area contributed by atoms with E-state index in [4.69, 9.17) is 23.2 Å². The normalized spacial score (nSPS) is 14.3. The molecule has 0 spiro atoms. The smallest absolute Gasteiger partial charge is 0.243 e. The van der Waals surface area contributed by atoms with Gasteiger partial charge < -0.3 is 10.2 Å². The molecule has 2 amide bonds. The van der Waals surface area contributed by atoms with E-state index >= 15 is 0 Å². The van der Waals surface area contributed by atoms with Crippen LogP contribution in [0.5, 0.6) is 0 Å². The van der Waals surface area contributed by atoms with E-state index in [1.807, 2.05) is 49.4 Å². The third-order valence-electron chi connectivity index (χ3n) is 7.86. The van der Waals surface area contributed by atoms with Crippen molar-refractivity contribution in [2.45, 2.75) is 70.5 Å². The molecule has 0 radical (unpaired) electrons. The average molecular weight is 645 g/mol. The number of benzene rings is 3. The van der Waals surface area contributed by atoms with Gasteiger partial charge in [-0.2, -0.15) is 0 Å². The molecule has 0 aliphatic heterocycles. The number of anilines is 1. The highest BCUT2D eigenvalue weighted by molar-refractivity contribution is 7.92. The maximum absolute atomic E-state index is 14.0. The number of para-hydroxylation sites is 1. The summed E-state index contributed by atoms with van der Waals surface area (Å²) in [6, 6.07) is 21.3. The lowest BCUT2D eigenvalue weighted by molar-refractivity contribution is -0.141. The van der Waals surface area contributed by atoms with Gasteiger partial charge in [-0.25, -0.2) is 8.42 Å². The molecule has 1 aliphatic carbocycles. The van der Waals surface area contributed by atoms with Crippen LogP contribution in [-0.2, 0) is 32.6 Å². The van der Waals surface area contributed by atoms with Crippen LogP contribution in [0.2, 0.25) is 10.0 Å². The average Bonchev–Trinajstić information content (AvgIpc) is 3.47. The molecule has 3 aromatic carbocycles. The zero-order valence-corrected chi connectivity index (χ0v) is 27.0. The van der Waals surface area contributed by atoms with Crippen LogP contribution in [0.3, 0.4) is 0 Å². The molecule has 1 saturated carbocycles. The molecule has 7 nitrogen and oxygen atoms in total. The summed E-state index contributed by atoms with van der Waals surface area (Å²) in [5.74, 6) is -0.460. The Balaban J connectivity index is 1.61. The Labute approximate surface area is 265 Å². The highest BCUT2D eigenvalue weighted by Gasteiger charge is 2.32. The Morgan fingerprint density at radius 2 is 1.65 bits per heavy atom. The van der Waals surface area contributed by atoms with Gasteiger partial charge in [-0.15, -0.1) is 0 Å². The third-order valence-corrected chi connectivity index (χ3v) is 9.63. The zero-order valence-electron chi connectivity index (χ0n) is 24.6. The molecule has 4 rings (SSSR count). The second kappa shape index (κ2) is 15.1. The van der Waals surface area contributed by atoms with E-state index in [9.17, 15) is 18.0 Å². The molecule has 0 aromatic heterocycles. The Bertz CT molecular complexity index is 1510. The number of halogens is 2. The molecule has 1 N–H and O–H groups in total. The van der Waals surface area contributed by atoms with Crippen LogP contribution in [-0.4, -0.2) is 50.0 Å². The minimum atomic E-state index is -3.59. The van der Waals surface area contributed by atoms with E-state index in [0.717, 1.165) is 36.8 Å². The van der Waals surface area contributed by atoms with Crippen LogP contribution in [0.15, 0.2) is 72.8 Å². The van der Waals surface area contributed by atoms with Gasteiger partial charge in [-0.05, 0) is 61.1 Å². The second-order valence-corrected chi connectivity index (χ2v) is 13.9. The number of nitrogens with one attached hydrogen (secondary N) is 1. The molecule has 1 atom stereocenters. The first kappa shape index (κ1) is 32.8. The first-order valence-corrected chi connectivity index (χ1v) is 17.2. The minimum absolute atomic E-state index is 0.0467.